The summed E-state index contributed by atoms with van der Waals surface area (Å²) < 4.78 is 0. The molecule has 0 unspecified atom stereocenters. The Bertz CT molecular complexity index is 180. The van der Waals surface area contributed by atoms with Gasteiger partial charge in [-0.1, -0.05) is 6.92 Å². The van der Waals surface area contributed by atoms with Gasteiger partial charge < -0.3 is 15.0 Å². The van der Waals surface area contributed by atoms with E-state index in [1.807, 2.05) is 0 Å². The third kappa shape index (κ3) is 2.86. The van der Waals surface area contributed by atoms with Crippen LogP contribution in [0.5, 0.6) is 0 Å². The van der Waals surface area contributed by atoms with Crippen molar-refractivity contribution in [2.24, 2.45) is 0 Å². The van der Waals surface area contributed by atoms with E-state index < -0.39 is 11.9 Å². The summed E-state index contributed by atoms with van der Waals surface area (Å²) in [6.07, 6.45) is 0.796. The summed E-state index contributed by atoms with van der Waals surface area (Å²) in [6.45, 7) is 1.55. The lowest BCUT2D eigenvalue weighted by atomic mass is 10.2. The molecule has 0 heterocycles. The molecule has 0 atom stereocenters. The van der Waals surface area contributed by atoms with Crippen LogP contribution in [0.4, 0.5) is 0 Å². The maximum Gasteiger partial charge on any atom is 0.328 e. The smallest absolute Gasteiger partial charge is 0.328 e. The molecule has 0 fully saturated rings. The standard InChI is InChI=1S/C6H8O4/c1-2-4(6(9)10)3-5(7)8/h3H,2H2,1H3,(H,7,8)(H,9,10)/p-1/b4-3-. The fourth-order valence-electron chi connectivity index (χ4n) is 0.454. The van der Waals surface area contributed by atoms with Crippen LogP contribution in [0.15, 0.2) is 11.6 Å². The number of hydrogen-bond donors (Lipinski definition) is 1. The minimum Gasteiger partial charge on any atom is -0.545 e. The third-order valence-electron chi connectivity index (χ3n) is 0.941. The van der Waals surface area contributed by atoms with E-state index in [1.54, 1.807) is 6.92 Å². The molecule has 0 aliphatic rings. The Morgan fingerprint density at radius 1 is 1.60 bits per heavy atom. The Hall–Kier alpha value is -1.32. The van der Waals surface area contributed by atoms with Gasteiger partial charge in [-0.2, -0.15) is 0 Å². The Morgan fingerprint density at radius 2 is 2.10 bits per heavy atom. The molecule has 10 heavy (non-hydrogen) atoms. The average molecular weight is 143 g/mol. The highest BCUT2D eigenvalue weighted by molar-refractivity contribution is 5.93. The first-order valence-electron chi connectivity index (χ1n) is 2.72. The second-order valence-corrected chi connectivity index (χ2v) is 1.65. The topological polar surface area (TPSA) is 77.4 Å². The minimum atomic E-state index is -1.43. The molecule has 0 rings (SSSR count). The molecule has 0 spiro atoms. The van der Waals surface area contributed by atoms with Crippen molar-refractivity contribution in [1.29, 1.82) is 0 Å². The van der Waals surface area contributed by atoms with E-state index in [2.05, 4.69) is 0 Å². The predicted molar refractivity (Wildman–Crippen MR) is 31.0 cm³/mol. The van der Waals surface area contributed by atoms with Gasteiger partial charge in [-0.25, -0.2) is 4.79 Å². The van der Waals surface area contributed by atoms with Gasteiger partial charge in [0.1, 0.15) is 0 Å². The molecule has 0 bridgehead atoms. The molecule has 0 amide bonds. The zero-order valence-electron chi connectivity index (χ0n) is 5.46. The monoisotopic (exact) mass is 143 g/mol. The van der Waals surface area contributed by atoms with E-state index in [0.717, 1.165) is 0 Å². The average Bonchev–Trinajstić information content (AvgIpc) is 1.81. The number of carboxylic acid groups (broad SMARTS) is 2. The van der Waals surface area contributed by atoms with Gasteiger partial charge in [-0.15, -0.1) is 0 Å². The summed E-state index contributed by atoms with van der Waals surface area (Å²) in [5.74, 6) is -2.69. The zero-order chi connectivity index (χ0) is 8.15. The van der Waals surface area contributed by atoms with Gasteiger partial charge in [0.25, 0.3) is 0 Å². The van der Waals surface area contributed by atoms with Crippen LogP contribution in [0, 0.1) is 0 Å². The van der Waals surface area contributed by atoms with Crippen molar-refractivity contribution in [3.05, 3.63) is 11.6 Å². The molecule has 56 valence electrons. The number of carbonyl (C=O) groups excluding carboxylic acids is 1. The summed E-state index contributed by atoms with van der Waals surface area (Å²) in [5.41, 5.74) is -0.201. The van der Waals surface area contributed by atoms with Crippen LogP contribution >= 0.6 is 0 Å². The lowest BCUT2D eigenvalue weighted by Gasteiger charge is -2.01. The first-order valence-corrected chi connectivity index (χ1v) is 2.72. The van der Waals surface area contributed by atoms with Gasteiger partial charge in [0, 0.05) is 6.08 Å². The summed E-state index contributed by atoms with van der Waals surface area (Å²) in [6, 6.07) is 0. The van der Waals surface area contributed by atoms with Crippen molar-refractivity contribution in [2.75, 3.05) is 0 Å². The first-order chi connectivity index (χ1) is 4.57. The van der Waals surface area contributed by atoms with Crippen LogP contribution in [0.1, 0.15) is 13.3 Å². The molecule has 0 saturated carbocycles. The van der Waals surface area contributed by atoms with Crippen LogP contribution in [0.3, 0.4) is 0 Å². The summed E-state index contributed by atoms with van der Waals surface area (Å²) in [4.78, 5) is 19.9. The van der Waals surface area contributed by atoms with Gasteiger partial charge >= 0.3 is 5.97 Å². The van der Waals surface area contributed by atoms with Crippen LogP contribution in [-0.2, 0) is 9.59 Å². The van der Waals surface area contributed by atoms with Crippen molar-refractivity contribution in [3.8, 4) is 0 Å². The molecular formula is C6H7O4-. The fourth-order valence-corrected chi connectivity index (χ4v) is 0.454. The Morgan fingerprint density at radius 3 is 2.20 bits per heavy atom. The summed E-state index contributed by atoms with van der Waals surface area (Å²) in [5, 5.41) is 18.1. The number of carboxylic acids is 2. The van der Waals surface area contributed by atoms with Gasteiger partial charge in [0.2, 0.25) is 0 Å². The van der Waals surface area contributed by atoms with Crippen molar-refractivity contribution in [2.45, 2.75) is 13.3 Å². The molecule has 4 nitrogen and oxygen atoms in total. The molecule has 0 radical (unpaired) electrons. The van der Waals surface area contributed by atoms with Gasteiger partial charge in [-0.3, -0.25) is 0 Å². The summed E-state index contributed by atoms with van der Waals surface area (Å²) in [7, 11) is 0. The van der Waals surface area contributed by atoms with E-state index >= 15 is 0 Å². The highest BCUT2D eigenvalue weighted by Crippen LogP contribution is 1.97. The number of carbonyl (C=O) groups is 2. The third-order valence-corrected chi connectivity index (χ3v) is 0.941. The molecule has 0 aromatic heterocycles. The predicted octanol–water partition coefficient (Wildman–Crippen LogP) is -0.843. The molecular weight excluding hydrogens is 136 g/mol. The van der Waals surface area contributed by atoms with E-state index in [-0.39, 0.29) is 12.0 Å². The second kappa shape index (κ2) is 3.66. The van der Waals surface area contributed by atoms with Crippen molar-refractivity contribution >= 4 is 11.9 Å². The molecule has 0 saturated heterocycles. The largest absolute Gasteiger partial charge is 0.545 e. The fraction of sp³-hybridized carbons (Fsp3) is 0.333. The van der Waals surface area contributed by atoms with Crippen molar-refractivity contribution in [3.63, 3.8) is 0 Å². The van der Waals surface area contributed by atoms with Crippen LogP contribution in [-0.4, -0.2) is 17.0 Å². The molecule has 0 aromatic rings. The minimum absolute atomic E-state index is 0.161. The number of rotatable bonds is 3. The maximum absolute atomic E-state index is 10.0. The molecule has 0 aliphatic carbocycles. The molecule has 0 aliphatic heterocycles. The highest BCUT2D eigenvalue weighted by Gasteiger charge is 1.97. The molecule has 0 aromatic carbocycles. The van der Waals surface area contributed by atoms with Crippen molar-refractivity contribution < 1.29 is 19.8 Å². The number of hydrogen-bond acceptors (Lipinski definition) is 3. The molecule has 1 N–H and O–H groups in total. The van der Waals surface area contributed by atoms with Crippen LogP contribution in [0.2, 0.25) is 0 Å². The zero-order valence-corrected chi connectivity index (χ0v) is 5.46. The number of aliphatic carboxylic acids is 2. The SMILES string of the molecule is CC/C(=C/C(=O)O)C(=O)[O-]. The van der Waals surface area contributed by atoms with Gasteiger partial charge in [0.15, 0.2) is 0 Å². The second-order valence-electron chi connectivity index (χ2n) is 1.65. The quantitative estimate of drug-likeness (QED) is 0.522. The van der Waals surface area contributed by atoms with Crippen molar-refractivity contribution in [1.82, 2.24) is 0 Å². The van der Waals surface area contributed by atoms with Gasteiger partial charge in [0.05, 0.1) is 5.97 Å². The lowest BCUT2D eigenvalue weighted by Crippen LogP contribution is -2.24. The van der Waals surface area contributed by atoms with E-state index in [9.17, 15) is 14.7 Å². The molecule has 4 heteroatoms. The Labute approximate surface area is 57.8 Å². The van der Waals surface area contributed by atoms with Gasteiger partial charge in [-0.05, 0) is 12.0 Å². The van der Waals surface area contributed by atoms with E-state index in [4.69, 9.17) is 5.11 Å². The normalized spacial score (nSPS) is 11.1. The van der Waals surface area contributed by atoms with Crippen LogP contribution in [0.25, 0.3) is 0 Å². The van der Waals surface area contributed by atoms with E-state index in [1.165, 1.54) is 0 Å². The van der Waals surface area contributed by atoms with Crippen LogP contribution < -0.4 is 5.11 Å². The highest BCUT2D eigenvalue weighted by atomic mass is 16.4. The Balaban J connectivity index is 4.34. The lowest BCUT2D eigenvalue weighted by molar-refractivity contribution is -0.299. The maximum atomic E-state index is 10.0. The summed E-state index contributed by atoms with van der Waals surface area (Å²) >= 11 is 0. The first kappa shape index (κ1) is 8.68. The Kier molecular flexibility index (Phi) is 3.17. The van der Waals surface area contributed by atoms with E-state index in [0.29, 0.717) is 6.08 Å².